The molecule has 0 rings (SSSR count). The first-order chi connectivity index (χ1) is 4.86. The molecular weight excluding hydrogens is 192 g/mol. The number of hydrogen-bond donors (Lipinski definition) is 1. The molecule has 0 aliphatic heterocycles. The lowest BCUT2D eigenvalue weighted by atomic mass is 10.4. The molecule has 11 heavy (non-hydrogen) atoms. The lowest BCUT2D eigenvalue weighted by Gasteiger charge is -2.11. The van der Waals surface area contributed by atoms with E-state index < -0.39 is 29.9 Å². The first kappa shape index (κ1) is 10.6. The topological polar surface area (TPSA) is 43.4 Å². The highest BCUT2D eigenvalue weighted by atomic mass is 32.2. The fourth-order valence-electron chi connectivity index (χ4n) is 0.202. The van der Waals surface area contributed by atoms with E-state index in [1.54, 1.807) is 0 Å². The zero-order chi connectivity index (χ0) is 9.07. The van der Waals surface area contributed by atoms with Gasteiger partial charge < -0.3 is 0 Å². The molecule has 0 aromatic rings. The zero-order valence-corrected chi connectivity index (χ0v) is 5.86. The Morgan fingerprint density at radius 1 is 1.36 bits per heavy atom. The molecule has 0 bridgehead atoms. The van der Waals surface area contributed by atoms with Crippen LogP contribution in [0.1, 0.15) is 0 Å². The van der Waals surface area contributed by atoms with Crippen molar-refractivity contribution in [1.29, 1.82) is 0 Å². The molecule has 0 spiro atoms. The molecule has 0 N–H and O–H groups in total. The van der Waals surface area contributed by atoms with E-state index in [0.717, 1.165) is 0 Å². The molecule has 0 heterocycles. The first-order valence-electron chi connectivity index (χ1n) is 2.29. The summed E-state index contributed by atoms with van der Waals surface area (Å²) in [4.78, 5) is 0. The summed E-state index contributed by atoms with van der Waals surface area (Å²) in [6, 6.07) is 0. The van der Waals surface area contributed by atoms with Crippen molar-refractivity contribution in [2.24, 2.45) is 0 Å². The second-order valence-corrected chi connectivity index (χ2v) is 2.26. The Balaban J connectivity index is 3.92. The van der Waals surface area contributed by atoms with Gasteiger partial charge in [-0.2, -0.15) is 8.78 Å². The third-order valence-electron chi connectivity index (χ3n) is 0.682. The number of halogens is 4. The van der Waals surface area contributed by atoms with E-state index in [2.05, 4.69) is 4.18 Å². The van der Waals surface area contributed by atoms with E-state index in [1.807, 2.05) is 0 Å². The van der Waals surface area contributed by atoms with E-state index in [1.165, 1.54) is 0 Å². The maximum Gasteiger partial charge on any atom is 0.331 e. The van der Waals surface area contributed by atoms with Gasteiger partial charge in [0.05, 0.1) is 0 Å². The van der Waals surface area contributed by atoms with Crippen LogP contribution < -0.4 is 0 Å². The molecular formula is C3H4F4O3S. The van der Waals surface area contributed by atoms with Crippen LogP contribution in [0.4, 0.5) is 17.6 Å². The molecule has 0 unspecified atom stereocenters. The molecule has 0 aliphatic rings. The first-order valence-corrected chi connectivity index (χ1v) is 3.39. The Morgan fingerprint density at radius 3 is 2.09 bits per heavy atom. The van der Waals surface area contributed by atoms with Crippen LogP contribution in [0.15, 0.2) is 0 Å². The maximum absolute atomic E-state index is 11.8. The second-order valence-electron chi connectivity index (χ2n) is 1.56. The van der Waals surface area contributed by atoms with Crippen molar-refractivity contribution in [3.05, 3.63) is 0 Å². The van der Waals surface area contributed by atoms with E-state index >= 15 is 0 Å². The summed E-state index contributed by atoms with van der Waals surface area (Å²) in [6.07, 6.45) is -3.92. The van der Waals surface area contributed by atoms with Crippen molar-refractivity contribution in [2.45, 2.75) is 12.3 Å². The van der Waals surface area contributed by atoms with Gasteiger partial charge in [-0.15, -0.1) is 0 Å². The maximum atomic E-state index is 11.8. The van der Waals surface area contributed by atoms with Gasteiger partial charge in [-0.3, -0.25) is 4.18 Å². The van der Waals surface area contributed by atoms with Gasteiger partial charge in [0.1, 0.15) is 6.61 Å². The van der Waals surface area contributed by atoms with Gasteiger partial charge in [0.15, 0.2) is 0 Å². The smallest absolute Gasteiger partial charge is 0.266 e. The average molecular weight is 196 g/mol. The Hall–Kier alpha value is -0.370. The van der Waals surface area contributed by atoms with E-state index in [0.29, 0.717) is 0 Å². The van der Waals surface area contributed by atoms with Crippen LogP contribution in [0, 0.1) is 0 Å². The van der Waals surface area contributed by atoms with Gasteiger partial charge in [-0.25, -0.2) is 17.2 Å². The van der Waals surface area contributed by atoms with Gasteiger partial charge in [-0.05, 0) is 0 Å². The summed E-state index contributed by atoms with van der Waals surface area (Å²) >= 11 is 0. The summed E-state index contributed by atoms with van der Waals surface area (Å²) in [6.45, 7) is -1.82. The quantitative estimate of drug-likeness (QED) is 0.523. The van der Waals surface area contributed by atoms with Crippen molar-refractivity contribution in [3.63, 3.8) is 0 Å². The minimum atomic E-state index is -4.41. The lowest BCUT2D eigenvalue weighted by Crippen LogP contribution is -2.32. The molecule has 8 heteroatoms. The summed E-state index contributed by atoms with van der Waals surface area (Å²) in [5, 5.41) is 0. The van der Waals surface area contributed by atoms with Gasteiger partial charge in [0, 0.05) is 0 Å². The van der Waals surface area contributed by atoms with Crippen LogP contribution in [0.2, 0.25) is 0 Å². The molecule has 68 valence electrons. The Bertz CT molecular complexity index is 181. The van der Waals surface area contributed by atoms with E-state index in [-0.39, 0.29) is 0 Å². The van der Waals surface area contributed by atoms with Gasteiger partial charge in [0.2, 0.25) is 0 Å². The monoisotopic (exact) mass is 196 g/mol. The fraction of sp³-hybridized carbons (Fsp3) is 1.00. The van der Waals surface area contributed by atoms with Crippen molar-refractivity contribution in [2.75, 3.05) is 6.61 Å². The van der Waals surface area contributed by atoms with Crippen molar-refractivity contribution >= 4 is 11.0 Å². The van der Waals surface area contributed by atoms with Gasteiger partial charge in [0.25, 0.3) is 11.0 Å². The highest BCUT2D eigenvalue weighted by Crippen LogP contribution is 2.22. The lowest BCUT2D eigenvalue weighted by molar-refractivity contribution is -0.146. The normalized spacial score (nSPS) is 12.9. The number of alkyl halides is 4. The largest absolute Gasteiger partial charge is 0.331 e. The Labute approximate surface area is 61.1 Å². The number of hydrogen-bond acceptors (Lipinski definition) is 3. The molecule has 0 saturated carbocycles. The minimum absolute atomic E-state index is 1.82. The van der Waals surface area contributed by atoms with Crippen LogP contribution in [0.25, 0.3) is 0 Å². The number of thiol groups is 1. The average Bonchev–Trinajstić information content (AvgIpc) is 1.84. The van der Waals surface area contributed by atoms with Crippen LogP contribution in [0.5, 0.6) is 0 Å². The Kier molecular flexibility index (Phi) is 3.73. The summed E-state index contributed by atoms with van der Waals surface area (Å²) in [5.74, 6) is -4.41. The van der Waals surface area contributed by atoms with Crippen molar-refractivity contribution < 1.29 is 30.2 Å². The standard InChI is InChI=1S/C3H4F4O3S/c4-2(5)3(6,7)1-10-11(8)9/h2,11H,1H2. The van der Waals surface area contributed by atoms with E-state index in [4.69, 9.17) is 0 Å². The molecule has 0 amide bonds. The van der Waals surface area contributed by atoms with Gasteiger partial charge >= 0.3 is 12.3 Å². The highest BCUT2D eigenvalue weighted by molar-refractivity contribution is 7.67. The number of rotatable bonds is 4. The predicted octanol–water partition coefficient (Wildman–Crippen LogP) is 0.430. The summed E-state index contributed by atoms with van der Waals surface area (Å²) in [5.41, 5.74) is 0. The third-order valence-corrected chi connectivity index (χ3v) is 1.02. The molecule has 0 aromatic carbocycles. The molecule has 0 fully saturated rings. The predicted molar refractivity (Wildman–Crippen MR) is 27.2 cm³/mol. The van der Waals surface area contributed by atoms with Crippen molar-refractivity contribution in [3.8, 4) is 0 Å². The fourth-order valence-corrected chi connectivity index (χ4v) is 0.479. The van der Waals surface area contributed by atoms with Crippen LogP contribution in [0.3, 0.4) is 0 Å². The summed E-state index contributed by atoms with van der Waals surface area (Å²) < 4.78 is 68.3. The highest BCUT2D eigenvalue weighted by Gasteiger charge is 2.41. The zero-order valence-electron chi connectivity index (χ0n) is 4.97. The minimum Gasteiger partial charge on any atom is -0.266 e. The second kappa shape index (κ2) is 3.86. The molecule has 0 aliphatic carbocycles. The summed E-state index contributed by atoms with van der Waals surface area (Å²) in [7, 11) is -3.50. The molecule has 0 radical (unpaired) electrons. The molecule has 0 saturated heterocycles. The van der Waals surface area contributed by atoms with Gasteiger partial charge in [-0.1, -0.05) is 0 Å². The van der Waals surface area contributed by atoms with Crippen LogP contribution in [-0.4, -0.2) is 27.4 Å². The SMILES string of the molecule is O=[SH](=O)OCC(F)(F)C(F)F. The van der Waals surface area contributed by atoms with Crippen molar-refractivity contribution in [1.82, 2.24) is 0 Å². The molecule has 0 aromatic heterocycles. The van der Waals surface area contributed by atoms with E-state index in [9.17, 15) is 26.0 Å². The third kappa shape index (κ3) is 4.14. The molecule has 0 atom stereocenters. The van der Waals surface area contributed by atoms with Crippen LogP contribution >= 0.6 is 0 Å². The Morgan fingerprint density at radius 2 is 1.82 bits per heavy atom. The van der Waals surface area contributed by atoms with Crippen LogP contribution in [-0.2, 0) is 15.2 Å². The molecule has 3 nitrogen and oxygen atoms in total.